The van der Waals surface area contributed by atoms with E-state index in [4.69, 9.17) is 4.74 Å². The van der Waals surface area contributed by atoms with Crippen LogP contribution in [-0.4, -0.2) is 6.61 Å². The van der Waals surface area contributed by atoms with Crippen LogP contribution in [0.1, 0.15) is 77.2 Å². The molecule has 0 bridgehead atoms. The lowest BCUT2D eigenvalue weighted by Crippen LogP contribution is -2.02. The summed E-state index contributed by atoms with van der Waals surface area (Å²) in [5.41, 5.74) is 1.10. The topological polar surface area (TPSA) is 9.23 Å². The van der Waals surface area contributed by atoms with E-state index in [0.29, 0.717) is 5.56 Å². The average Bonchev–Trinajstić information content (AvgIpc) is 2.89. The first-order chi connectivity index (χ1) is 17.5. The summed E-state index contributed by atoms with van der Waals surface area (Å²) in [6, 6.07) is 12.6. The number of hydrogen-bond donors (Lipinski definition) is 0. The van der Waals surface area contributed by atoms with E-state index < -0.39 is 23.3 Å². The number of rotatable bonds is 14. The van der Waals surface area contributed by atoms with E-state index in [1.807, 2.05) is 12.1 Å². The van der Waals surface area contributed by atoms with E-state index in [1.165, 1.54) is 49.9 Å². The number of benzene rings is 3. The van der Waals surface area contributed by atoms with E-state index in [9.17, 15) is 8.78 Å². The molecule has 36 heavy (non-hydrogen) atoms. The molecule has 0 unspecified atom stereocenters. The second-order valence-corrected chi connectivity index (χ2v) is 9.30. The van der Waals surface area contributed by atoms with Crippen LogP contribution in [0.3, 0.4) is 0 Å². The van der Waals surface area contributed by atoms with Gasteiger partial charge in [-0.1, -0.05) is 95.2 Å². The van der Waals surface area contributed by atoms with Gasteiger partial charge in [-0.15, -0.1) is 0 Å². The molecule has 0 fully saturated rings. The maximum absolute atomic E-state index is 15.0. The second-order valence-electron chi connectivity index (χ2n) is 9.30. The van der Waals surface area contributed by atoms with Crippen molar-refractivity contribution >= 4 is 0 Å². The van der Waals surface area contributed by atoms with Gasteiger partial charge in [-0.2, -0.15) is 4.39 Å². The molecule has 0 aromatic heterocycles. The SMILES string of the molecule is CCCCCCCc1ccc(-c2ccc(-c3ccc(OCCCCCC)c(F)c3F)c(F)c2F)cc1. The highest BCUT2D eigenvalue weighted by Crippen LogP contribution is 2.35. The number of ether oxygens (including phenoxy) is 1. The molecule has 0 radical (unpaired) electrons. The predicted molar refractivity (Wildman–Crippen MR) is 139 cm³/mol. The first kappa shape index (κ1) is 27.8. The highest BCUT2D eigenvalue weighted by molar-refractivity contribution is 5.72. The Morgan fingerprint density at radius 1 is 0.528 bits per heavy atom. The minimum atomic E-state index is -1.25. The lowest BCUT2D eigenvalue weighted by atomic mass is 9.97. The first-order valence-electron chi connectivity index (χ1n) is 13.2. The summed E-state index contributed by atoms with van der Waals surface area (Å²) in [5.74, 6) is -4.97. The Kier molecular flexibility index (Phi) is 10.8. The lowest BCUT2D eigenvalue weighted by molar-refractivity contribution is 0.285. The van der Waals surface area contributed by atoms with Crippen LogP contribution in [-0.2, 0) is 6.42 Å². The molecule has 0 amide bonds. The summed E-state index contributed by atoms with van der Waals surface area (Å²) in [7, 11) is 0. The fourth-order valence-corrected chi connectivity index (χ4v) is 4.33. The van der Waals surface area contributed by atoms with Gasteiger partial charge in [-0.25, -0.2) is 13.2 Å². The van der Waals surface area contributed by atoms with Gasteiger partial charge in [0, 0.05) is 16.7 Å². The van der Waals surface area contributed by atoms with Crippen LogP contribution >= 0.6 is 0 Å². The largest absolute Gasteiger partial charge is 0.490 e. The summed E-state index contributed by atoms with van der Waals surface area (Å²) in [6.07, 6.45) is 10.7. The molecule has 0 N–H and O–H groups in total. The molecule has 0 aliphatic carbocycles. The summed E-state index contributed by atoms with van der Waals surface area (Å²) in [5, 5.41) is 0. The number of aryl methyl sites for hydroxylation is 1. The van der Waals surface area contributed by atoms with E-state index in [-0.39, 0.29) is 29.0 Å². The van der Waals surface area contributed by atoms with Crippen LogP contribution in [0, 0.1) is 23.3 Å². The van der Waals surface area contributed by atoms with Crippen LogP contribution in [0.2, 0.25) is 0 Å². The van der Waals surface area contributed by atoms with Gasteiger partial charge in [-0.3, -0.25) is 0 Å². The van der Waals surface area contributed by atoms with Crippen molar-refractivity contribution in [3.8, 4) is 28.0 Å². The zero-order valence-corrected chi connectivity index (χ0v) is 21.3. The molecule has 1 nitrogen and oxygen atoms in total. The molecule has 0 saturated carbocycles. The smallest absolute Gasteiger partial charge is 0.201 e. The Bertz CT molecular complexity index is 1110. The van der Waals surface area contributed by atoms with E-state index in [2.05, 4.69) is 13.8 Å². The van der Waals surface area contributed by atoms with Gasteiger partial charge in [0.1, 0.15) is 0 Å². The second kappa shape index (κ2) is 14.1. The summed E-state index contributed by atoms with van der Waals surface area (Å²) in [6.45, 7) is 4.53. The van der Waals surface area contributed by atoms with Crippen LogP contribution in [0.15, 0.2) is 48.5 Å². The fraction of sp³-hybridized carbons (Fsp3) is 0.419. The molecule has 3 aromatic rings. The minimum absolute atomic E-state index is 0.0821. The van der Waals surface area contributed by atoms with Crippen LogP contribution in [0.4, 0.5) is 17.6 Å². The monoisotopic (exact) mass is 500 g/mol. The molecule has 5 heteroatoms. The molecule has 0 saturated heterocycles. The molecule has 0 spiro atoms. The van der Waals surface area contributed by atoms with Crippen molar-refractivity contribution in [1.29, 1.82) is 0 Å². The molecule has 3 aromatic carbocycles. The maximum atomic E-state index is 15.0. The van der Waals surface area contributed by atoms with Gasteiger partial charge < -0.3 is 4.74 Å². The van der Waals surface area contributed by atoms with Gasteiger partial charge >= 0.3 is 0 Å². The van der Waals surface area contributed by atoms with Gasteiger partial charge in [0.15, 0.2) is 23.2 Å². The number of halogens is 4. The van der Waals surface area contributed by atoms with Crippen LogP contribution in [0.25, 0.3) is 22.3 Å². The van der Waals surface area contributed by atoms with Gasteiger partial charge in [0.25, 0.3) is 0 Å². The molecule has 194 valence electrons. The van der Waals surface area contributed by atoms with Crippen molar-refractivity contribution in [2.45, 2.75) is 78.1 Å². The fourth-order valence-electron chi connectivity index (χ4n) is 4.33. The van der Waals surface area contributed by atoms with Gasteiger partial charge in [0.2, 0.25) is 5.82 Å². The lowest BCUT2D eigenvalue weighted by Gasteiger charge is -2.13. The van der Waals surface area contributed by atoms with Gasteiger partial charge in [0.05, 0.1) is 6.61 Å². The van der Waals surface area contributed by atoms with Crippen molar-refractivity contribution in [3.05, 3.63) is 77.4 Å². The van der Waals surface area contributed by atoms with Crippen molar-refractivity contribution in [2.24, 2.45) is 0 Å². The summed E-state index contributed by atoms with van der Waals surface area (Å²) in [4.78, 5) is 0. The third-order valence-electron chi connectivity index (χ3n) is 6.51. The molecular weight excluding hydrogens is 464 g/mol. The van der Waals surface area contributed by atoms with Crippen molar-refractivity contribution in [1.82, 2.24) is 0 Å². The molecule has 0 atom stereocenters. The average molecular weight is 501 g/mol. The molecular formula is C31H36F4O. The van der Waals surface area contributed by atoms with Crippen molar-refractivity contribution < 1.29 is 22.3 Å². The number of hydrogen-bond acceptors (Lipinski definition) is 1. The molecule has 0 aliphatic heterocycles. The third kappa shape index (κ3) is 7.11. The predicted octanol–water partition coefficient (Wildman–Crippen LogP) is 10.0. The Hall–Kier alpha value is -2.82. The Morgan fingerprint density at radius 3 is 1.72 bits per heavy atom. The quantitative estimate of drug-likeness (QED) is 0.158. The Balaban J connectivity index is 1.73. The van der Waals surface area contributed by atoms with Crippen LogP contribution < -0.4 is 4.74 Å². The number of unbranched alkanes of at least 4 members (excludes halogenated alkanes) is 7. The van der Waals surface area contributed by atoms with Crippen LogP contribution in [0.5, 0.6) is 5.75 Å². The molecule has 0 heterocycles. The molecule has 3 rings (SSSR count). The van der Waals surface area contributed by atoms with E-state index >= 15 is 8.78 Å². The van der Waals surface area contributed by atoms with Crippen molar-refractivity contribution in [3.63, 3.8) is 0 Å². The van der Waals surface area contributed by atoms with E-state index in [1.54, 1.807) is 12.1 Å². The maximum Gasteiger partial charge on any atom is 0.201 e. The first-order valence-corrected chi connectivity index (χ1v) is 13.2. The minimum Gasteiger partial charge on any atom is -0.490 e. The summed E-state index contributed by atoms with van der Waals surface area (Å²) >= 11 is 0. The summed E-state index contributed by atoms with van der Waals surface area (Å²) < 4.78 is 64.7. The third-order valence-corrected chi connectivity index (χ3v) is 6.51. The normalized spacial score (nSPS) is 11.2. The highest BCUT2D eigenvalue weighted by atomic mass is 19.2. The zero-order valence-electron chi connectivity index (χ0n) is 21.3. The Labute approximate surface area is 212 Å². The highest BCUT2D eigenvalue weighted by Gasteiger charge is 2.22. The zero-order chi connectivity index (χ0) is 25.9. The van der Waals surface area contributed by atoms with E-state index in [0.717, 1.165) is 44.1 Å². The van der Waals surface area contributed by atoms with Crippen molar-refractivity contribution in [2.75, 3.05) is 6.61 Å². The van der Waals surface area contributed by atoms with Gasteiger partial charge in [-0.05, 0) is 42.5 Å². The standard InChI is InChI=1S/C31H36F4O/c1-3-5-7-9-10-12-22-13-15-23(16-14-22)24-17-18-25(29(33)28(24)32)26-19-20-27(31(35)30(26)34)36-21-11-8-6-4-2/h13-20H,3-12,21H2,1-2H3. The molecule has 0 aliphatic rings. The Morgan fingerprint density at radius 2 is 1.06 bits per heavy atom.